The van der Waals surface area contributed by atoms with Crippen molar-refractivity contribution >= 4 is 29.9 Å². The van der Waals surface area contributed by atoms with Gasteiger partial charge in [-0.05, 0) is 55.0 Å². The second-order valence-corrected chi connectivity index (χ2v) is 7.96. The molecule has 7 nitrogen and oxygen atoms in total. The Morgan fingerprint density at radius 1 is 1.19 bits per heavy atom. The summed E-state index contributed by atoms with van der Waals surface area (Å²) in [6, 6.07) is 9.98. The monoisotopic (exact) mass is 557 g/mol. The molecule has 1 aromatic heterocycles. The molecular formula is C24H36IN3O4. The standard InChI is InChI=1S/C24H35N3O4.HI/c1-18(14-19-8-9-22(28-2)23(15-19)29-3)16-26-24(27-17-21-7-5-13-31-21)25-11-10-20-6-4-12-30-20;/h4,6,8-9,12,15,18,21H,5,7,10-11,13-14,16-17H2,1-3H3,(H2,25,26,27);1H. The van der Waals surface area contributed by atoms with Crippen LogP contribution in [0.4, 0.5) is 0 Å². The van der Waals surface area contributed by atoms with E-state index in [-0.39, 0.29) is 30.1 Å². The molecule has 2 heterocycles. The summed E-state index contributed by atoms with van der Waals surface area (Å²) in [7, 11) is 3.31. The number of hydrogen-bond donors (Lipinski definition) is 2. The Balaban J connectivity index is 0.00000363. The molecule has 1 fully saturated rings. The van der Waals surface area contributed by atoms with Gasteiger partial charge in [0.05, 0.1) is 26.6 Å². The lowest BCUT2D eigenvalue weighted by atomic mass is 10.0. The van der Waals surface area contributed by atoms with Gasteiger partial charge in [0.1, 0.15) is 5.76 Å². The molecule has 0 amide bonds. The van der Waals surface area contributed by atoms with Crippen LogP contribution in [0.2, 0.25) is 0 Å². The molecule has 0 spiro atoms. The molecule has 2 atom stereocenters. The number of aliphatic imine (C=N–C) groups is 1. The van der Waals surface area contributed by atoms with Gasteiger partial charge in [-0.3, -0.25) is 4.99 Å². The molecule has 1 aliphatic rings. The lowest BCUT2D eigenvalue weighted by Crippen LogP contribution is -2.42. The van der Waals surface area contributed by atoms with Gasteiger partial charge in [-0.2, -0.15) is 0 Å². The number of furan rings is 1. The molecule has 0 saturated carbocycles. The SMILES string of the molecule is COc1ccc(CC(C)CN=C(NCCc2ccco2)NCC2CCCO2)cc1OC.I. The third kappa shape index (κ3) is 8.54. The summed E-state index contributed by atoms with van der Waals surface area (Å²) < 4.78 is 21.9. The summed E-state index contributed by atoms with van der Waals surface area (Å²) in [6.45, 7) is 5.31. The highest BCUT2D eigenvalue weighted by atomic mass is 127. The number of ether oxygens (including phenoxy) is 3. The fourth-order valence-corrected chi connectivity index (χ4v) is 3.67. The zero-order valence-electron chi connectivity index (χ0n) is 19.3. The van der Waals surface area contributed by atoms with Crippen LogP contribution in [0.15, 0.2) is 46.0 Å². The summed E-state index contributed by atoms with van der Waals surface area (Å²) in [6.07, 6.45) is 5.93. The number of benzene rings is 1. The first kappa shape index (κ1) is 26.3. The van der Waals surface area contributed by atoms with Gasteiger partial charge in [0.2, 0.25) is 0 Å². The summed E-state index contributed by atoms with van der Waals surface area (Å²) in [4.78, 5) is 4.83. The fraction of sp³-hybridized carbons (Fsp3) is 0.542. The first-order valence-corrected chi connectivity index (χ1v) is 11.0. The van der Waals surface area contributed by atoms with Crippen molar-refractivity contribution in [2.45, 2.75) is 38.7 Å². The first-order chi connectivity index (χ1) is 15.2. The van der Waals surface area contributed by atoms with Crippen molar-refractivity contribution in [1.29, 1.82) is 0 Å². The quantitative estimate of drug-likeness (QED) is 0.247. The van der Waals surface area contributed by atoms with Crippen LogP contribution >= 0.6 is 24.0 Å². The summed E-state index contributed by atoms with van der Waals surface area (Å²) in [5.74, 6) is 3.67. The molecule has 2 N–H and O–H groups in total. The molecule has 1 aliphatic heterocycles. The third-order valence-corrected chi connectivity index (χ3v) is 5.36. The van der Waals surface area contributed by atoms with Crippen molar-refractivity contribution in [2.75, 3.05) is 40.5 Å². The predicted octanol–water partition coefficient (Wildman–Crippen LogP) is 4.05. The van der Waals surface area contributed by atoms with Crippen LogP contribution in [0.1, 0.15) is 31.1 Å². The average Bonchev–Trinajstić information content (AvgIpc) is 3.49. The minimum absolute atomic E-state index is 0. The maximum atomic E-state index is 5.73. The number of guanidine groups is 1. The topological polar surface area (TPSA) is 77.2 Å². The van der Waals surface area contributed by atoms with Crippen LogP contribution in [0.25, 0.3) is 0 Å². The predicted molar refractivity (Wildman–Crippen MR) is 138 cm³/mol. The van der Waals surface area contributed by atoms with Gasteiger partial charge >= 0.3 is 0 Å². The summed E-state index contributed by atoms with van der Waals surface area (Å²) in [5.41, 5.74) is 1.21. The highest BCUT2D eigenvalue weighted by molar-refractivity contribution is 14.0. The van der Waals surface area contributed by atoms with Crippen LogP contribution in [0.3, 0.4) is 0 Å². The minimum atomic E-state index is 0. The van der Waals surface area contributed by atoms with E-state index in [1.807, 2.05) is 24.3 Å². The average molecular weight is 557 g/mol. The molecule has 1 aromatic carbocycles. The highest BCUT2D eigenvalue weighted by Crippen LogP contribution is 2.28. The van der Waals surface area contributed by atoms with Gasteiger partial charge in [-0.1, -0.05) is 13.0 Å². The van der Waals surface area contributed by atoms with Crippen LogP contribution in [-0.4, -0.2) is 52.5 Å². The normalized spacial score (nSPS) is 16.8. The van der Waals surface area contributed by atoms with Gasteiger partial charge in [-0.25, -0.2) is 0 Å². The molecule has 3 rings (SSSR count). The van der Waals surface area contributed by atoms with E-state index in [9.17, 15) is 0 Å². The Morgan fingerprint density at radius 3 is 2.72 bits per heavy atom. The van der Waals surface area contributed by atoms with E-state index in [0.29, 0.717) is 5.92 Å². The zero-order valence-corrected chi connectivity index (χ0v) is 21.6. The van der Waals surface area contributed by atoms with Crippen molar-refractivity contribution in [3.63, 3.8) is 0 Å². The van der Waals surface area contributed by atoms with Gasteiger partial charge in [0, 0.05) is 32.7 Å². The van der Waals surface area contributed by atoms with Gasteiger partial charge < -0.3 is 29.3 Å². The Kier molecular flexibility index (Phi) is 11.7. The van der Waals surface area contributed by atoms with Crippen LogP contribution in [0, 0.1) is 5.92 Å². The van der Waals surface area contributed by atoms with Gasteiger partial charge in [0.25, 0.3) is 0 Å². The highest BCUT2D eigenvalue weighted by Gasteiger charge is 2.16. The Bertz CT molecular complexity index is 808. The number of nitrogens with one attached hydrogen (secondary N) is 2. The van der Waals surface area contributed by atoms with E-state index >= 15 is 0 Å². The van der Waals surface area contributed by atoms with E-state index in [4.69, 9.17) is 23.6 Å². The van der Waals surface area contributed by atoms with Crippen LogP contribution in [0.5, 0.6) is 11.5 Å². The first-order valence-electron chi connectivity index (χ1n) is 11.0. The van der Waals surface area contributed by atoms with Crippen molar-refractivity contribution in [1.82, 2.24) is 10.6 Å². The van der Waals surface area contributed by atoms with Crippen molar-refractivity contribution in [2.24, 2.45) is 10.9 Å². The number of nitrogens with zero attached hydrogens (tertiary/aromatic N) is 1. The van der Waals surface area contributed by atoms with Crippen LogP contribution in [-0.2, 0) is 17.6 Å². The fourth-order valence-electron chi connectivity index (χ4n) is 3.67. The number of rotatable bonds is 11. The number of methoxy groups -OCH3 is 2. The molecule has 0 radical (unpaired) electrons. The maximum Gasteiger partial charge on any atom is 0.191 e. The molecule has 2 unspecified atom stereocenters. The molecule has 1 saturated heterocycles. The van der Waals surface area contributed by atoms with E-state index < -0.39 is 0 Å². The lowest BCUT2D eigenvalue weighted by molar-refractivity contribution is 0.114. The second-order valence-electron chi connectivity index (χ2n) is 7.96. The Hall–Kier alpha value is -1.94. The number of halogens is 1. The molecule has 8 heteroatoms. The minimum Gasteiger partial charge on any atom is -0.493 e. The van der Waals surface area contributed by atoms with Crippen molar-refractivity contribution in [3.05, 3.63) is 47.9 Å². The van der Waals surface area contributed by atoms with E-state index in [1.54, 1.807) is 20.5 Å². The molecule has 0 aliphatic carbocycles. The summed E-state index contributed by atoms with van der Waals surface area (Å²) >= 11 is 0. The third-order valence-electron chi connectivity index (χ3n) is 5.36. The smallest absolute Gasteiger partial charge is 0.191 e. The van der Waals surface area contributed by atoms with E-state index in [2.05, 4.69) is 23.6 Å². The molecule has 2 aromatic rings. The molecule has 32 heavy (non-hydrogen) atoms. The van der Waals surface area contributed by atoms with Crippen molar-refractivity contribution in [3.8, 4) is 11.5 Å². The van der Waals surface area contributed by atoms with Crippen molar-refractivity contribution < 1.29 is 18.6 Å². The Morgan fingerprint density at radius 2 is 2.03 bits per heavy atom. The second kappa shape index (κ2) is 14.3. The molecule has 0 bridgehead atoms. The lowest BCUT2D eigenvalue weighted by Gasteiger charge is -2.17. The van der Waals surface area contributed by atoms with Gasteiger partial charge in [0.15, 0.2) is 17.5 Å². The maximum absolute atomic E-state index is 5.73. The summed E-state index contributed by atoms with van der Waals surface area (Å²) in [5, 5.41) is 6.86. The zero-order chi connectivity index (χ0) is 21.9. The van der Waals surface area contributed by atoms with Crippen LogP contribution < -0.4 is 20.1 Å². The molecule has 178 valence electrons. The molecular weight excluding hydrogens is 521 g/mol. The van der Waals surface area contributed by atoms with Gasteiger partial charge in [-0.15, -0.1) is 24.0 Å². The Labute approximate surface area is 208 Å². The largest absolute Gasteiger partial charge is 0.493 e. The van der Waals surface area contributed by atoms with E-state index in [1.165, 1.54) is 5.56 Å². The van der Waals surface area contributed by atoms with E-state index in [0.717, 1.165) is 75.1 Å². The number of hydrogen-bond acceptors (Lipinski definition) is 5.